The van der Waals surface area contributed by atoms with E-state index in [1.54, 1.807) is 18.2 Å². The quantitative estimate of drug-likeness (QED) is 0.346. The first-order valence-corrected chi connectivity index (χ1v) is 12.5. The third-order valence-electron chi connectivity index (χ3n) is 5.65. The molecule has 0 unspecified atom stereocenters. The molecule has 0 saturated heterocycles. The van der Waals surface area contributed by atoms with Crippen LogP contribution >= 0.6 is 0 Å². The summed E-state index contributed by atoms with van der Waals surface area (Å²) in [7, 11) is -3.94. The zero-order chi connectivity index (χ0) is 24.0. The van der Waals surface area contributed by atoms with E-state index in [1.807, 2.05) is 78.9 Å². The van der Waals surface area contributed by atoms with Crippen LogP contribution in [0.5, 0.6) is 0 Å². The summed E-state index contributed by atoms with van der Waals surface area (Å²) in [6, 6.07) is 28.5. The van der Waals surface area contributed by atoms with Crippen molar-refractivity contribution in [3.8, 4) is 0 Å². The molecular weight excluding hydrogens is 446 g/mol. The van der Waals surface area contributed by atoms with Crippen molar-refractivity contribution in [2.75, 3.05) is 0 Å². The van der Waals surface area contributed by atoms with Gasteiger partial charge in [-0.25, -0.2) is 8.42 Å². The number of hydrogen-bond acceptors (Lipinski definition) is 4. The van der Waals surface area contributed by atoms with E-state index in [1.165, 1.54) is 0 Å². The maximum atomic E-state index is 13.2. The molecule has 0 fully saturated rings. The van der Waals surface area contributed by atoms with Gasteiger partial charge in [0.25, 0.3) is 0 Å². The van der Waals surface area contributed by atoms with Gasteiger partial charge in [0.05, 0.1) is 4.90 Å². The minimum atomic E-state index is -3.94. The maximum absolute atomic E-state index is 13.2. The topological polar surface area (TPSA) is 101 Å². The molecule has 4 aromatic carbocycles. The second-order valence-corrected chi connectivity index (χ2v) is 9.82. The van der Waals surface area contributed by atoms with Crippen LogP contribution in [-0.2, 0) is 34.3 Å². The Morgan fingerprint density at radius 3 is 2.12 bits per heavy atom. The summed E-state index contributed by atoms with van der Waals surface area (Å²) in [5, 5.41) is 4.62. The van der Waals surface area contributed by atoms with Crippen LogP contribution in [0.25, 0.3) is 10.8 Å². The highest BCUT2D eigenvalue weighted by molar-refractivity contribution is 7.89. The average Bonchev–Trinajstić information content (AvgIpc) is 2.87. The number of nitrogens with two attached hydrogens (primary N) is 1. The highest BCUT2D eigenvalue weighted by Gasteiger charge is 2.26. The number of carbonyl (C=O) groups is 1. The number of rotatable bonds is 9. The van der Waals surface area contributed by atoms with Crippen molar-refractivity contribution in [2.24, 2.45) is 5.73 Å². The molecule has 4 rings (SSSR count). The van der Waals surface area contributed by atoms with Crippen molar-refractivity contribution in [1.82, 2.24) is 10.0 Å². The summed E-state index contributed by atoms with van der Waals surface area (Å²) >= 11 is 0. The SMILES string of the molecule is NCc1ccc(C[C@H](NS(=O)(=O)c2ccc3ccccc3c2)C(=O)NCc2ccccc2)cc1. The van der Waals surface area contributed by atoms with Crippen LogP contribution in [0, 0.1) is 0 Å². The summed E-state index contributed by atoms with van der Waals surface area (Å²) in [5.74, 6) is -0.392. The lowest BCUT2D eigenvalue weighted by molar-refractivity contribution is -0.122. The second-order valence-electron chi connectivity index (χ2n) is 8.11. The Hall–Kier alpha value is -3.52. The lowest BCUT2D eigenvalue weighted by atomic mass is 10.0. The van der Waals surface area contributed by atoms with E-state index >= 15 is 0 Å². The Labute approximate surface area is 199 Å². The fourth-order valence-electron chi connectivity index (χ4n) is 3.73. The molecule has 0 saturated carbocycles. The van der Waals surface area contributed by atoms with E-state index in [0.717, 1.165) is 27.5 Å². The van der Waals surface area contributed by atoms with Gasteiger partial charge in [0.15, 0.2) is 0 Å². The van der Waals surface area contributed by atoms with Crippen molar-refractivity contribution in [3.05, 3.63) is 114 Å². The van der Waals surface area contributed by atoms with E-state index in [0.29, 0.717) is 13.1 Å². The Bertz CT molecular complexity index is 1370. The third-order valence-corrected chi connectivity index (χ3v) is 7.12. The Morgan fingerprint density at radius 1 is 0.765 bits per heavy atom. The molecule has 34 heavy (non-hydrogen) atoms. The van der Waals surface area contributed by atoms with Crippen LogP contribution in [0.2, 0.25) is 0 Å². The Morgan fingerprint density at radius 2 is 1.41 bits per heavy atom. The minimum absolute atomic E-state index is 0.116. The van der Waals surface area contributed by atoms with Gasteiger partial charge in [-0.1, -0.05) is 84.9 Å². The summed E-state index contributed by atoms with van der Waals surface area (Å²) in [4.78, 5) is 13.2. The van der Waals surface area contributed by atoms with E-state index in [2.05, 4.69) is 10.0 Å². The number of benzene rings is 4. The minimum Gasteiger partial charge on any atom is -0.351 e. The summed E-state index contributed by atoms with van der Waals surface area (Å²) in [6.07, 6.45) is 0.207. The van der Waals surface area contributed by atoms with E-state index < -0.39 is 22.0 Å². The molecule has 0 aliphatic rings. The highest BCUT2D eigenvalue weighted by atomic mass is 32.2. The van der Waals surface area contributed by atoms with Gasteiger partial charge >= 0.3 is 0 Å². The van der Waals surface area contributed by atoms with E-state index in [-0.39, 0.29) is 11.3 Å². The summed E-state index contributed by atoms with van der Waals surface area (Å²) in [6.45, 7) is 0.718. The van der Waals surface area contributed by atoms with Crippen LogP contribution in [0.3, 0.4) is 0 Å². The van der Waals surface area contributed by atoms with E-state index in [9.17, 15) is 13.2 Å². The molecule has 0 aliphatic heterocycles. The summed E-state index contributed by atoms with van der Waals surface area (Å²) < 4.78 is 29.1. The largest absolute Gasteiger partial charge is 0.351 e. The van der Waals surface area contributed by atoms with Crippen molar-refractivity contribution in [2.45, 2.75) is 30.4 Å². The van der Waals surface area contributed by atoms with Gasteiger partial charge in [-0.05, 0) is 46.0 Å². The number of hydrogen-bond donors (Lipinski definition) is 3. The first kappa shape index (κ1) is 23.6. The fraction of sp³-hybridized carbons (Fsp3) is 0.148. The first-order valence-electron chi connectivity index (χ1n) is 11.1. The van der Waals surface area contributed by atoms with Crippen LogP contribution in [-0.4, -0.2) is 20.4 Å². The third kappa shape index (κ3) is 5.88. The molecule has 1 amide bonds. The van der Waals surface area contributed by atoms with Crippen LogP contribution in [0.1, 0.15) is 16.7 Å². The molecule has 0 aromatic heterocycles. The summed E-state index contributed by atoms with van der Waals surface area (Å²) in [5.41, 5.74) is 8.40. The zero-order valence-corrected chi connectivity index (χ0v) is 19.5. The lowest BCUT2D eigenvalue weighted by Crippen LogP contribution is -2.47. The molecule has 4 aromatic rings. The molecule has 0 aliphatic carbocycles. The maximum Gasteiger partial charge on any atom is 0.241 e. The van der Waals surface area contributed by atoms with Crippen molar-refractivity contribution in [3.63, 3.8) is 0 Å². The number of fused-ring (bicyclic) bond motifs is 1. The van der Waals surface area contributed by atoms with Crippen molar-refractivity contribution in [1.29, 1.82) is 0 Å². The van der Waals surface area contributed by atoms with Crippen LogP contribution in [0.4, 0.5) is 0 Å². The number of nitrogens with one attached hydrogen (secondary N) is 2. The average molecular weight is 474 g/mol. The number of amides is 1. The molecule has 0 heterocycles. The number of carbonyl (C=O) groups excluding carboxylic acids is 1. The predicted octanol–water partition coefficient (Wildman–Crippen LogP) is 3.50. The molecule has 0 spiro atoms. The molecule has 4 N–H and O–H groups in total. The molecule has 0 bridgehead atoms. The van der Waals surface area contributed by atoms with Gasteiger partial charge < -0.3 is 11.1 Å². The Kier molecular flexibility index (Phi) is 7.37. The molecule has 6 nitrogen and oxygen atoms in total. The van der Waals surface area contributed by atoms with Crippen LogP contribution < -0.4 is 15.8 Å². The molecule has 0 radical (unpaired) electrons. The van der Waals surface area contributed by atoms with E-state index in [4.69, 9.17) is 5.73 Å². The van der Waals surface area contributed by atoms with Gasteiger partial charge in [-0.3, -0.25) is 4.79 Å². The molecule has 1 atom stereocenters. The molecule has 7 heteroatoms. The van der Waals surface area contributed by atoms with Gasteiger partial charge in [-0.15, -0.1) is 0 Å². The molecule has 174 valence electrons. The first-order chi connectivity index (χ1) is 16.4. The van der Waals surface area contributed by atoms with Crippen molar-refractivity contribution < 1.29 is 13.2 Å². The fourth-order valence-corrected chi connectivity index (χ4v) is 4.96. The highest BCUT2D eigenvalue weighted by Crippen LogP contribution is 2.19. The normalized spacial score (nSPS) is 12.4. The van der Waals surface area contributed by atoms with Gasteiger partial charge in [0.2, 0.25) is 15.9 Å². The number of sulfonamides is 1. The molecular formula is C27H27N3O3S. The van der Waals surface area contributed by atoms with Gasteiger partial charge in [-0.2, -0.15) is 4.72 Å². The lowest BCUT2D eigenvalue weighted by Gasteiger charge is -2.19. The standard InChI is InChI=1S/C27H27N3O3S/c28-18-21-12-10-20(11-13-21)16-26(27(31)29-19-22-6-2-1-3-7-22)30-34(32,33)25-15-14-23-8-4-5-9-24(23)17-25/h1-15,17,26,30H,16,18-19,28H2,(H,29,31)/t26-/m0/s1. The zero-order valence-electron chi connectivity index (χ0n) is 18.6. The second kappa shape index (κ2) is 10.6. The van der Waals surface area contributed by atoms with Crippen LogP contribution in [0.15, 0.2) is 102 Å². The monoisotopic (exact) mass is 473 g/mol. The smallest absolute Gasteiger partial charge is 0.241 e. The van der Waals surface area contributed by atoms with Crippen molar-refractivity contribution >= 4 is 26.7 Å². The van der Waals surface area contributed by atoms with Gasteiger partial charge in [0.1, 0.15) is 6.04 Å². The Balaban J connectivity index is 1.57. The van der Waals surface area contributed by atoms with Gasteiger partial charge in [0, 0.05) is 13.1 Å². The predicted molar refractivity (Wildman–Crippen MR) is 134 cm³/mol.